The van der Waals surface area contributed by atoms with Gasteiger partial charge in [0.05, 0.1) is 24.1 Å². The monoisotopic (exact) mass is 397 g/mol. The maximum atomic E-state index is 13.4. The Bertz CT molecular complexity index is 976. The molecule has 5 rings (SSSR count). The van der Waals surface area contributed by atoms with Gasteiger partial charge in [0.2, 0.25) is 5.95 Å². The number of ether oxygens (including phenoxy) is 1. The summed E-state index contributed by atoms with van der Waals surface area (Å²) in [5.74, 6) is 0.955. The van der Waals surface area contributed by atoms with E-state index in [9.17, 15) is 9.18 Å². The van der Waals surface area contributed by atoms with Gasteiger partial charge in [-0.3, -0.25) is 4.90 Å². The minimum absolute atomic E-state index is 0.0441. The highest BCUT2D eigenvalue weighted by Crippen LogP contribution is 2.42. The lowest BCUT2D eigenvalue weighted by Crippen LogP contribution is -2.59. The number of nitrogens with zero attached hydrogens (tertiary/aromatic N) is 5. The van der Waals surface area contributed by atoms with Crippen LogP contribution < -0.4 is 14.5 Å². The summed E-state index contributed by atoms with van der Waals surface area (Å²) in [6.07, 6.45) is 2.19. The first-order chi connectivity index (χ1) is 13.9. The largest absolute Gasteiger partial charge is 0.490 e. The zero-order valence-corrected chi connectivity index (χ0v) is 16.7. The van der Waals surface area contributed by atoms with Gasteiger partial charge in [0.25, 0.3) is 0 Å². The molecular weight excluding hydrogens is 373 g/mol. The summed E-state index contributed by atoms with van der Waals surface area (Å²) >= 11 is 0. The van der Waals surface area contributed by atoms with Crippen molar-refractivity contribution >= 4 is 17.7 Å². The average molecular weight is 397 g/mol. The van der Waals surface area contributed by atoms with Crippen molar-refractivity contribution in [2.24, 2.45) is 5.41 Å². The van der Waals surface area contributed by atoms with E-state index in [1.165, 1.54) is 6.20 Å². The number of amides is 2. The van der Waals surface area contributed by atoms with Crippen LogP contribution >= 0.6 is 0 Å². The quantitative estimate of drug-likeness (QED) is 0.741. The Labute approximate surface area is 169 Å². The Morgan fingerprint density at radius 1 is 1.21 bits per heavy atom. The van der Waals surface area contributed by atoms with Crippen LogP contribution in [0, 0.1) is 25.1 Å². The van der Waals surface area contributed by atoms with E-state index in [0.717, 1.165) is 49.6 Å². The zero-order chi connectivity index (χ0) is 20.2. The van der Waals surface area contributed by atoms with Crippen molar-refractivity contribution in [3.05, 3.63) is 41.5 Å². The maximum absolute atomic E-state index is 13.4. The third-order valence-corrected chi connectivity index (χ3v) is 6.16. The third kappa shape index (κ3) is 3.07. The van der Waals surface area contributed by atoms with Crippen molar-refractivity contribution in [2.45, 2.75) is 20.3 Å². The summed E-state index contributed by atoms with van der Waals surface area (Å²) < 4.78 is 19.2. The minimum Gasteiger partial charge on any atom is -0.490 e. The number of halogens is 1. The molecule has 29 heavy (non-hydrogen) atoms. The Kier molecular flexibility index (Phi) is 4.11. The number of carbonyl (C=O) groups excluding carboxylic acids is 1. The smallest absolute Gasteiger partial charge is 0.324 e. The highest BCUT2D eigenvalue weighted by atomic mass is 19.1. The first kappa shape index (κ1) is 18.1. The topological polar surface area (TPSA) is 61.8 Å². The van der Waals surface area contributed by atoms with Gasteiger partial charge in [0.1, 0.15) is 12.4 Å². The second-order valence-corrected chi connectivity index (χ2v) is 8.38. The van der Waals surface area contributed by atoms with Crippen molar-refractivity contribution in [2.75, 3.05) is 49.1 Å². The van der Waals surface area contributed by atoms with Gasteiger partial charge in [-0.15, -0.1) is 0 Å². The summed E-state index contributed by atoms with van der Waals surface area (Å²) in [5, 5.41) is 0. The van der Waals surface area contributed by atoms with Crippen LogP contribution in [0.25, 0.3) is 0 Å². The van der Waals surface area contributed by atoms with E-state index in [2.05, 4.69) is 14.9 Å². The van der Waals surface area contributed by atoms with Crippen LogP contribution in [0.4, 0.5) is 20.8 Å². The molecular formula is C21H24FN5O2. The maximum Gasteiger partial charge on any atom is 0.324 e. The third-order valence-electron chi connectivity index (χ3n) is 6.16. The Balaban J connectivity index is 1.26. The first-order valence-corrected chi connectivity index (χ1v) is 9.98. The van der Waals surface area contributed by atoms with Crippen molar-refractivity contribution < 1.29 is 13.9 Å². The summed E-state index contributed by atoms with van der Waals surface area (Å²) in [6, 6.07) is 6.00. The number of urea groups is 1. The van der Waals surface area contributed by atoms with Gasteiger partial charge in [0.15, 0.2) is 5.82 Å². The number of hydrogen-bond donors (Lipinski definition) is 0. The van der Waals surface area contributed by atoms with E-state index in [1.54, 1.807) is 6.92 Å². The molecule has 2 aromatic rings. The van der Waals surface area contributed by atoms with Crippen molar-refractivity contribution in [3.63, 3.8) is 0 Å². The summed E-state index contributed by atoms with van der Waals surface area (Å²) in [4.78, 5) is 27.4. The van der Waals surface area contributed by atoms with Gasteiger partial charge in [-0.25, -0.2) is 19.2 Å². The number of rotatable bonds is 1. The highest BCUT2D eigenvalue weighted by Gasteiger charge is 2.50. The molecule has 0 atom stereocenters. The molecule has 0 aliphatic carbocycles. The molecule has 0 radical (unpaired) electrons. The molecule has 7 nitrogen and oxygen atoms in total. The van der Waals surface area contributed by atoms with Crippen LogP contribution in [-0.2, 0) is 0 Å². The number of aryl methyl sites for hydroxylation is 2. The van der Waals surface area contributed by atoms with E-state index < -0.39 is 0 Å². The number of carbonyl (C=O) groups is 1. The van der Waals surface area contributed by atoms with Crippen LogP contribution in [-0.4, -0.2) is 60.2 Å². The SMILES string of the molecule is Cc1ccc2c(c1)OCCN2C(=O)N1CCC2(C1)CN(c1ncc(F)c(C)n1)C2. The van der Waals surface area contributed by atoms with E-state index in [4.69, 9.17) is 4.74 Å². The molecule has 4 heterocycles. The number of benzene rings is 1. The van der Waals surface area contributed by atoms with Gasteiger partial charge in [-0.1, -0.05) is 6.07 Å². The van der Waals surface area contributed by atoms with Gasteiger partial charge >= 0.3 is 6.03 Å². The van der Waals surface area contributed by atoms with Gasteiger partial charge in [-0.2, -0.15) is 0 Å². The fourth-order valence-electron chi connectivity index (χ4n) is 4.55. The Morgan fingerprint density at radius 2 is 2.03 bits per heavy atom. The van der Waals surface area contributed by atoms with Crippen LogP contribution in [0.1, 0.15) is 17.7 Å². The standard InChI is InChI=1S/C21H24FN5O2/c1-14-3-4-17-18(9-14)29-8-7-27(17)20(28)25-6-5-21(11-25)12-26(13-21)19-23-10-16(22)15(2)24-19/h3-4,9-10H,5-8,11-13H2,1-2H3. The van der Waals surface area contributed by atoms with E-state index in [1.807, 2.05) is 34.9 Å². The molecule has 152 valence electrons. The number of anilines is 2. The molecule has 1 aromatic carbocycles. The molecule has 0 bridgehead atoms. The van der Waals surface area contributed by atoms with Crippen molar-refractivity contribution in [1.29, 1.82) is 0 Å². The molecule has 2 fully saturated rings. The molecule has 8 heteroatoms. The van der Waals surface area contributed by atoms with E-state index >= 15 is 0 Å². The number of likely N-dealkylation sites (tertiary alicyclic amines) is 1. The number of aromatic nitrogens is 2. The molecule has 1 spiro atoms. The number of fused-ring (bicyclic) bond motifs is 1. The second-order valence-electron chi connectivity index (χ2n) is 8.38. The second kappa shape index (κ2) is 6.57. The van der Waals surface area contributed by atoms with Crippen LogP contribution in [0.2, 0.25) is 0 Å². The molecule has 0 N–H and O–H groups in total. The molecule has 3 aliphatic rings. The zero-order valence-electron chi connectivity index (χ0n) is 16.7. The number of hydrogen-bond acceptors (Lipinski definition) is 5. The summed E-state index contributed by atoms with van der Waals surface area (Å²) in [5.41, 5.74) is 2.40. The Morgan fingerprint density at radius 3 is 2.83 bits per heavy atom. The van der Waals surface area contributed by atoms with Crippen molar-refractivity contribution in [1.82, 2.24) is 14.9 Å². The van der Waals surface area contributed by atoms with Crippen LogP contribution in [0.5, 0.6) is 5.75 Å². The predicted molar refractivity (Wildman–Crippen MR) is 107 cm³/mol. The molecule has 2 amide bonds. The molecule has 3 aliphatic heterocycles. The minimum atomic E-state index is -0.386. The van der Waals surface area contributed by atoms with E-state index in [-0.39, 0.29) is 17.3 Å². The molecule has 0 unspecified atom stereocenters. The molecule has 1 aromatic heterocycles. The van der Waals surface area contributed by atoms with E-state index in [0.29, 0.717) is 24.8 Å². The van der Waals surface area contributed by atoms with Crippen LogP contribution in [0.15, 0.2) is 24.4 Å². The average Bonchev–Trinajstić information content (AvgIpc) is 3.13. The Hall–Kier alpha value is -2.90. The predicted octanol–water partition coefficient (Wildman–Crippen LogP) is 2.76. The highest BCUT2D eigenvalue weighted by molar-refractivity contribution is 5.94. The molecule has 0 saturated carbocycles. The molecule has 2 saturated heterocycles. The fraction of sp³-hybridized carbons (Fsp3) is 0.476. The fourth-order valence-corrected chi connectivity index (χ4v) is 4.55. The lowest BCUT2D eigenvalue weighted by Gasteiger charge is -2.48. The first-order valence-electron chi connectivity index (χ1n) is 9.98. The summed E-state index contributed by atoms with van der Waals surface area (Å²) in [7, 11) is 0. The summed E-state index contributed by atoms with van der Waals surface area (Å²) in [6.45, 7) is 7.79. The lowest BCUT2D eigenvalue weighted by atomic mass is 9.79. The normalized spacial score (nSPS) is 19.8. The van der Waals surface area contributed by atoms with Gasteiger partial charge in [-0.05, 0) is 38.0 Å². The van der Waals surface area contributed by atoms with Gasteiger partial charge in [0, 0.05) is 31.6 Å². The van der Waals surface area contributed by atoms with Crippen LogP contribution in [0.3, 0.4) is 0 Å². The van der Waals surface area contributed by atoms with Gasteiger partial charge < -0.3 is 14.5 Å². The van der Waals surface area contributed by atoms with Crippen molar-refractivity contribution in [3.8, 4) is 5.75 Å². The lowest BCUT2D eigenvalue weighted by molar-refractivity contribution is 0.187.